The molecule has 13 heavy (non-hydrogen) atoms. The smallest absolute Gasteiger partial charge is 0.223 e. The van der Waals surface area contributed by atoms with E-state index < -0.39 is 0 Å². The van der Waals surface area contributed by atoms with E-state index in [1.807, 2.05) is 18.9 Å². The van der Waals surface area contributed by atoms with Gasteiger partial charge in [0.2, 0.25) is 5.91 Å². The van der Waals surface area contributed by atoms with Crippen LogP contribution in [0.3, 0.4) is 0 Å². The molecule has 4 heteroatoms. The molecule has 1 amide bonds. The number of rotatable bonds is 4. The molecule has 0 spiro atoms. The molecule has 0 rings (SSSR count). The summed E-state index contributed by atoms with van der Waals surface area (Å²) >= 11 is 0. The predicted molar refractivity (Wildman–Crippen MR) is 51.0 cm³/mol. The quantitative estimate of drug-likeness (QED) is 0.630. The van der Waals surface area contributed by atoms with Gasteiger partial charge in [-0.3, -0.25) is 9.69 Å². The second-order valence-electron chi connectivity index (χ2n) is 3.32. The van der Waals surface area contributed by atoms with Crippen molar-refractivity contribution >= 4 is 5.91 Å². The largest absolute Gasteiger partial charge is 0.349 e. The highest BCUT2D eigenvalue weighted by Gasteiger charge is 2.10. The Labute approximate surface area is 79.7 Å². The van der Waals surface area contributed by atoms with Crippen molar-refractivity contribution in [3.8, 4) is 6.07 Å². The van der Waals surface area contributed by atoms with Crippen molar-refractivity contribution in [3.05, 3.63) is 0 Å². The van der Waals surface area contributed by atoms with Gasteiger partial charge in [0.25, 0.3) is 0 Å². The topological polar surface area (TPSA) is 47.3 Å². The van der Waals surface area contributed by atoms with Gasteiger partial charge in [-0.2, -0.15) is 5.26 Å². The van der Waals surface area contributed by atoms with Gasteiger partial charge in [-0.25, -0.2) is 0 Å². The highest BCUT2D eigenvalue weighted by Crippen LogP contribution is 1.96. The number of carbonyl (C=O) groups excluding carboxylic acids is 1. The summed E-state index contributed by atoms with van der Waals surface area (Å²) < 4.78 is 0. The molecule has 1 unspecified atom stereocenters. The number of hydrogen-bond acceptors (Lipinski definition) is 3. The van der Waals surface area contributed by atoms with Gasteiger partial charge in [0.05, 0.1) is 12.1 Å². The van der Waals surface area contributed by atoms with Crippen molar-refractivity contribution in [2.24, 2.45) is 0 Å². The second kappa shape index (κ2) is 5.55. The van der Waals surface area contributed by atoms with Crippen molar-refractivity contribution in [1.29, 1.82) is 5.26 Å². The summed E-state index contributed by atoms with van der Waals surface area (Å²) in [6, 6.07) is 1.99. The first kappa shape index (κ1) is 11.9. The molecule has 4 nitrogen and oxygen atoms in total. The normalized spacial score (nSPS) is 12.3. The molecule has 0 aliphatic carbocycles. The Morgan fingerprint density at radius 2 is 2.00 bits per heavy atom. The van der Waals surface area contributed by atoms with E-state index in [2.05, 4.69) is 6.07 Å². The lowest BCUT2D eigenvalue weighted by Gasteiger charge is -2.19. The molecule has 0 fully saturated rings. The third-order valence-corrected chi connectivity index (χ3v) is 2.03. The molecule has 0 saturated carbocycles. The van der Waals surface area contributed by atoms with E-state index in [9.17, 15) is 4.79 Å². The van der Waals surface area contributed by atoms with Crippen LogP contribution in [-0.2, 0) is 4.79 Å². The lowest BCUT2D eigenvalue weighted by Crippen LogP contribution is -2.32. The molecule has 0 radical (unpaired) electrons. The molecule has 0 bridgehead atoms. The lowest BCUT2D eigenvalue weighted by molar-refractivity contribution is -0.129. The van der Waals surface area contributed by atoms with Crippen LogP contribution in [0.2, 0.25) is 0 Å². The Morgan fingerprint density at radius 3 is 2.38 bits per heavy atom. The van der Waals surface area contributed by atoms with Crippen molar-refractivity contribution in [2.75, 3.05) is 27.7 Å². The maximum atomic E-state index is 11.2. The minimum Gasteiger partial charge on any atom is -0.349 e. The number of amides is 1. The van der Waals surface area contributed by atoms with Crippen LogP contribution in [0.1, 0.15) is 13.3 Å². The summed E-state index contributed by atoms with van der Waals surface area (Å²) in [6.45, 7) is 2.45. The average Bonchev–Trinajstić information content (AvgIpc) is 2.11. The molecule has 0 aromatic heterocycles. The van der Waals surface area contributed by atoms with Crippen LogP contribution >= 0.6 is 0 Å². The molecular formula is C9H17N3O. The van der Waals surface area contributed by atoms with Gasteiger partial charge in [-0.1, -0.05) is 0 Å². The summed E-state index contributed by atoms with van der Waals surface area (Å²) in [5.74, 6) is 0.0944. The fourth-order valence-electron chi connectivity index (χ4n) is 0.788. The monoisotopic (exact) mass is 183 g/mol. The first-order chi connectivity index (χ1) is 5.99. The molecule has 0 saturated heterocycles. The maximum Gasteiger partial charge on any atom is 0.223 e. The first-order valence-corrected chi connectivity index (χ1v) is 4.29. The van der Waals surface area contributed by atoms with Crippen molar-refractivity contribution in [1.82, 2.24) is 9.80 Å². The highest BCUT2D eigenvalue weighted by atomic mass is 16.2. The van der Waals surface area contributed by atoms with Crippen molar-refractivity contribution in [2.45, 2.75) is 19.4 Å². The second-order valence-corrected chi connectivity index (χ2v) is 3.32. The van der Waals surface area contributed by atoms with E-state index >= 15 is 0 Å². The van der Waals surface area contributed by atoms with Crippen LogP contribution in [0.15, 0.2) is 0 Å². The van der Waals surface area contributed by atoms with Gasteiger partial charge in [0, 0.05) is 27.1 Å². The SMILES string of the molecule is CC(C#N)N(C)CCC(=O)N(C)C. The summed E-state index contributed by atoms with van der Waals surface area (Å²) in [5, 5.41) is 8.59. The zero-order valence-electron chi connectivity index (χ0n) is 8.74. The van der Waals surface area contributed by atoms with Crippen LogP contribution in [-0.4, -0.2) is 49.4 Å². The number of nitrogens with zero attached hydrogens (tertiary/aromatic N) is 3. The van der Waals surface area contributed by atoms with Gasteiger partial charge in [0.15, 0.2) is 0 Å². The Morgan fingerprint density at radius 1 is 1.46 bits per heavy atom. The van der Waals surface area contributed by atoms with Crippen LogP contribution in [0.25, 0.3) is 0 Å². The Bertz CT molecular complexity index is 207. The number of hydrogen-bond donors (Lipinski definition) is 0. The zero-order chi connectivity index (χ0) is 10.4. The lowest BCUT2D eigenvalue weighted by atomic mass is 10.3. The fourth-order valence-corrected chi connectivity index (χ4v) is 0.788. The van der Waals surface area contributed by atoms with Gasteiger partial charge in [-0.15, -0.1) is 0 Å². The van der Waals surface area contributed by atoms with Crippen LogP contribution in [0.4, 0.5) is 0 Å². The predicted octanol–water partition coefficient (Wildman–Crippen LogP) is 0.309. The molecule has 0 aromatic rings. The molecule has 1 atom stereocenters. The molecule has 0 aliphatic rings. The first-order valence-electron chi connectivity index (χ1n) is 4.29. The molecule has 0 aromatic carbocycles. The standard InChI is InChI=1S/C9H17N3O/c1-8(7-10)12(4)6-5-9(13)11(2)3/h8H,5-6H2,1-4H3. The van der Waals surface area contributed by atoms with Gasteiger partial charge in [-0.05, 0) is 14.0 Å². The van der Waals surface area contributed by atoms with E-state index in [1.54, 1.807) is 19.0 Å². The highest BCUT2D eigenvalue weighted by molar-refractivity contribution is 5.75. The van der Waals surface area contributed by atoms with Crippen LogP contribution < -0.4 is 0 Å². The van der Waals surface area contributed by atoms with Crippen molar-refractivity contribution in [3.63, 3.8) is 0 Å². The summed E-state index contributed by atoms with van der Waals surface area (Å²) in [5.41, 5.74) is 0. The molecule has 0 heterocycles. The summed E-state index contributed by atoms with van der Waals surface area (Å²) in [7, 11) is 5.31. The van der Waals surface area contributed by atoms with Crippen LogP contribution in [0.5, 0.6) is 0 Å². The van der Waals surface area contributed by atoms with Crippen LogP contribution in [0, 0.1) is 11.3 Å². The third-order valence-electron chi connectivity index (χ3n) is 2.03. The van der Waals surface area contributed by atoms with E-state index in [0.29, 0.717) is 13.0 Å². The number of nitriles is 1. The fraction of sp³-hybridized carbons (Fsp3) is 0.778. The van der Waals surface area contributed by atoms with E-state index in [-0.39, 0.29) is 11.9 Å². The van der Waals surface area contributed by atoms with E-state index in [1.165, 1.54) is 0 Å². The van der Waals surface area contributed by atoms with Gasteiger partial charge < -0.3 is 4.90 Å². The number of carbonyl (C=O) groups is 1. The Kier molecular flexibility index (Phi) is 5.09. The minimum absolute atomic E-state index is 0.0944. The van der Waals surface area contributed by atoms with Gasteiger partial charge in [0.1, 0.15) is 0 Å². The van der Waals surface area contributed by atoms with Crippen molar-refractivity contribution < 1.29 is 4.79 Å². The third kappa shape index (κ3) is 4.48. The van der Waals surface area contributed by atoms with E-state index in [0.717, 1.165) is 0 Å². The summed E-state index contributed by atoms with van der Waals surface area (Å²) in [4.78, 5) is 14.6. The zero-order valence-corrected chi connectivity index (χ0v) is 8.74. The molecule has 0 N–H and O–H groups in total. The molecule has 0 aliphatic heterocycles. The Hall–Kier alpha value is -1.08. The summed E-state index contributed by atoms with van der Waals surface area (Å²) in [6.07, 6.45) is 0.468. The molecular weight excluding hydrogens is 166 g/mol. The van der Waals surface area contributed by atoms with Gasteiger partial charge >= 0.3 is 0 Å². The average molecular weight is 183 g/mol. The minimum atomic E-state index is -0.130. The van der Waals surface area contributed by atoms with E-state index in [4.69, 9.17) is 5.26 Å². The molecule has 74 valence electrons. The maximum absolute atomic E-state index is 11.2. The Balaban J connectivity index is 3.78.